The van der Waals surface area contributed by atoms with Gasteiger partial charge in [-0.25, -0.2) is 4.98 Å². The molecule has 28 heavy (non-hydrogen) atoms. The predicted molar refractivity (Wildman–Crippen MR) is 102 cm³/mol. The second-order valence-electron chi connectivity index (χ2n) is 7.52. The highest BCUT2D eigenvalue weighted by Gasteiger charge is 2.31. The van der Waals surface area contributed by atoms with Gasteiger partial charge in [0, 0.05) is 19.3 Å². The summed E-state index contributed by atoms with van der Waals surface area (Å²) in [6, 6.07) is 1.96. The van der Waals surface area contributed by atoms with Crippen LogP contribution in [0.3, 0.4) is 0 Å². The first kappa shape index (κ1) is 20.6. The summed E-state index contributed by atoms with van der Waals surface area (Å²) in [7, 11) is 0. The average Bonchev–Trinajstić information content (AvgIpc) is 2.64. The fraction of sp³-hybridized carbons (Fsp3) is 0.526. The van der Waals surface area contributed by atoms with Crippen molar-refractivity contribution in [2.75, 3.05) is 18.0 Å². The third-order valence-electron chi connectivity index (χ3n) is 4.95. The van der Waals surface area contributed by atoms with Gasteiger partial charge in [0.2, 0.25) is 0 Å². The molecule has 5 nitrogen and oxygen atoms in total. The molecule has 1 fully saturated rings. The lowest BCUT2D eigenvalue weighted by Gasteiger charge is -2.34. The Morgan fingerprint density at radius 1 is 1.21 bits per heavy atom. The van der Waals surface area contributed by atoms with Gasteiger partial charge < -0.3 is 4.90 Å². The van der Waals surface area contributed by atoms with Crippen LogP contribution in [-0.2, 0) is 6.18 Å². The van der Waals surface area contributed by atoms with Crippen molar-refractivity contribution in [1.82, 2.24) is 14.8 Å². The summed E-state index contributed by atoms with van der Waals surface area (Å²) in [4.78, 5) is 18.3. The molecule has 2 aromatic heterocycles. The molecule has 0 bridgehead atoms. The number of halogens is 4. The molecule has 0 spiro atoms. The second-order valence-corrected chi connectivity index (χ2v) is 7.90. The number of alkyl halides is 3. The van der Waals surface area contributed by atoms with E-state index in [1.807, 2.05) is 4.90 Å². The van der Waals surface area contributed by atoms with Crippen molar-refractivity contribution >= 4 is 17.3 Å². The van der Waals surface area contributed by atoms with Crippen molar-refractivity contribution in [3.63, 3.8) is 0 Å². The number of hydrogen-bond donors (Lipinski definition) is 0. The summed E-state index contributed by atoms with van der Waals surface area (Å²) in [5.74, 6) is 1.31. The van der Waals surface area contributed by atoms with Gasteiger partial charge >= 0.3 is 6.18 Å². The fourth-order valence-corrected chi connectivity index (χ4v) is 3.81. The first-order chi connectivity index (χ1) is 13.2. The van der Waals surface area contributed by atoms with E-state index in [-0.39, 0.29) is 10.8 Å². The van der Waals surface area contributed by atoms with Crippen molar-refractivity contribution in [3.8, 4) is 5.82 Å². The van der Waals surface area contributed by atoms with Crippen LogP contribution in [0.2, 0.25) is 5.02 Å². The average molecular weight is 415 g/mol. The molecule has 0 unspecified atom stereocenters. The van der Waals surface area contributed by atoms with E-state index in [1.165, 1.54) is 12.6 Å². The summed E-state index contributed by atoms with van der Waals surface area (Å²) in [6.45, 7) is 6.01. The third kappa shape index (κ3) is 4.48. The summed E-state index contributed by atoms with van der Waals surface area (Å²) >= 11 is 6.28. The van der Waals surface area contributed by atoms with E-state index in [9.17, 15) is 18.0 Å². The number of nitrogens with zero attached hydrogens (tertiary/aromatic N) is 4. The molecular formula is C19H22ClF3N4O. The zero-order chi connectivity index (χ0) is 20.5. The summed E-state index contributed by atoms with van der Waals surface area (Å²) in [5, 5.41) is 4.08. The van der Waals surface area contributed by atoms with E-state index in [1.54, 1.807) is 0 Å². The molecule has 0 aromatic carbocycles. The van der Waals surface area contributed by atoms with Crippen LogP contribution in [0.5, 0.6) is 0 Å². The van der Waals surface area contributed by atoms with Gasteiger partial charge in [-0.05, 0) is 43.2 Å². The number of anilines is 1. The van der Waals surface area contributed by atoms with E-state index in [0.717, 1.165) is 42.7 Å². The van der Waals surface area contributed by atoms with Crippen LogP contribution in [0.4, 0.5) is 18.9 Å². The number of hydrogen-bond acceptors (Lipinski definition) is 4. The van der Waals surface area contributed by atoms with Crippen LogP contribution in [0.15, 0.2) is 29.3 Å². The minimum Gasteiger partial charge on any atom is -0.369 e. The lowest BCUT2D eigenvalue weighted by atomic mass is 9.88. The molecule has 152 valence electrons. The lowest BCUT2D eigenvalue weighted by molar-refractivity contribution is -0.137. The maximum Gasteiger partial charge on any atom is 0.417 e. The van der Waals surface area contributed by atoms with Gasteiger partial charge in [0.15, 0.2) is 5.82 Å². The first-order valence-corrected chi connectivity index (χ1v) is 9.61. The molecule has 3 rings (SSSR count). The van der Waals surface area contributed by atoms with Crippen molar-refractivity contribution in [1.29, 1.82) is 0 Å². The highest BCUT2D eigenvalue weighted by atomic mass is 35.5. The van der Waals surface area contributed by atoms with E-state index in [4.69, 9.17) is 11.6 Å². The van der Waals surface area contributed by atoms with Crippen LogP contribution < -0.4 is 10.5 Å². The number of piperidine rings is 1. The van der Waals surface area contributed by atoms with Gasteiger partial charge in [0.1, 0.15) is 5.02 Å². The van der Waals surface area contributed by atoms with Gasteiger partial charge in [-0.2, -0.15) is 23.0 Å². The zero-order valence-corrected chi connectivity index (χ0v) is 16.5. The van der Waals surface area contributed by atoms with Crippen molar-refractivity contribution in [2.45, 2.75) is 39.3 Å². The highest BCUT2D eigenvalue weighted by molar-refractivity contribution is 6.33. The van der Waals surface area contributed by atoms with Crippen molar-refractivity contribution in [2.24, 2.45) is 11.8 Å². The molecular weight excluding hydrogens is 393 g/mol. The maximum absolute atomic E-state index is 12.7. The molecule has 3 heterocycles. The van der Waals surface area contributed by atoms with Crippen molar-refractivity contribution < 1.29 is 13.2 Å². The predicted octanol–water partition coefficient (Wildman–Crippen LogP) is 4.56. The maximum atomic E-state index is 12.7. The molecule has 0 aliphatic carbocycles. The molecule has 0 radical (unpaired) electrons. The SMILES string of the molecule is CC(C)CC1CCN(c2cnn(-c3ccc(C(F)(F)F)cn3)c(=O)c2Cl)CC1. The second kappa shape index (κ2) is 8.11. The van der Waals surface area contributed by atoms with Gasteiger partial charge in [0.25, 0.3) is 5.56 Å². The number of aromatic nitrogens is 3. The molecule has 0 N–H and O–H groups in total. The van der Waals surface area contributed by atoms with E-state index < -0.39 is 17.3 Å². The monoisotopic (exact) mass is 414 g/mol. The Labute approximate surface area is 166 Å². The van der Waals surface area contributed by atoms with E-state index in [2.05, 4.69) is 23.9 Å². The number of pyridine rings is 1. The molecule has 0 saturated carbocycles. The van der Waals surface area contributed by atoms with Gasteiger partial charge in [-0.3, -0.25) is 4.79 Å². The number of rotatable bonds is 4. The first-order valence-electron chi connectivity index (χ1n) is 9.23. The van der Waals surface area contributed by atoms with Gasteiger partial charge in [-0.1, -0.05) is 25.4 Å². The van der Waals surface area contributed by atoms with Crippen LogP contribution in [0, 0.1) is 11.8 Å². The standard InChI is InChI=1S/C19H22ClF3N4O/c1-12(2)9-13-5-7-26(8-6-13)15-11-25-27(18(28)17(15)20)16-4-3-14(10-24-16)19(21,22)23/h3-4,10-13H,5-9H2,1-2H3. The van der Waals surface area contributed by atoms with Crippen LogP contribution in [0.1, 0.15) is 38.7 Å². The third-order valence-corrected chi connectivity index (χ3v) is 5.31. The Kier molecular flexibility index (Phi) is 5.98. The normalized spacial score (nSPS) is 16.0. The van der Waals surface area contributed by atoms with Gasteiger partial charge in [-0.15, -0.1) is 0 Å². The Balaban J connectivity index is 1.80. The molecule has 1 aliphatic rings. The van der Waals surface area contributed by atoms with Crippen LogP contribution >= 0.6 is 11.6 Å². The zero-order valence-electron chi connectivity index (χ0n) is 15.7. The molecule has 1 saturated heterocycles. The van der Waals surface area contributed by atoms with E-state index >= 15 is 0 Å². The summed E-state index contributed by atoms with van der Waals surface area (Å²) < 4.78 is 38.9. The minimum atomic E-state index is -4.49. The Morgan fingerprint density at radius 2 is 1.89 bits per heavy atom. The lowest BCUT2D eigenvalue weighted by Crippen LogP contribution is -2.36. The molecule has 9 heteroatoms. The van der Waals surface area contributed by atoms with E-state index in [0.29, 0.717) is 23.7 Å². The van der Waals surface area contributed by atoms with Crippen molar-refractivity contribution in [3.05, 3.63) is 45.5 Å². The smallest absolute Gasteiger partial charge is 0.369 e. The Morgan fingerprint density at radius 3 is 2.43 bits per heavy atom. The largest absolute Gasteiger partial charge is 0.417 e. The Bertz CT molecular complexity index is 872. The highest BCUT2D eigenvalue weighted by Crippen LogP contribution is 2.30. The minimum absolute atomic E-state index is 0.000919. The molecule has 1 aliphatic heterocycles. The quantitative estimate of drug-likeness (QED) is 0.735. The van der Waals surface area contributed by atoms with Crippen LogP contribution in [0.25, 0.3) is 5.82 Å². The Hall–Kier alpha value is -2.09. The fourth-order valence-electron chi connectivity index (χ4n) is 3.56. The van der Waals surface area contributed by atoms with Crippen LogP contribution in [-0.4, -0.2) is 27.9 Å². The molecule has 0 amide bonds. The topological polar surface area (TPSA) is 51.0 Å². The molecule has 0 atom stereocenters. The molecule has 2 aromatic rings. The summed E-state index contributed by atoms with van der Waals surface area (Å²) in [6.07, 6.45) is 0.890. The van der Waals surface area contributed by atoms with Gasteiger partial charge in [0.05, 0.1) is 17.4 Å². The summed E-state index contributed by atoms with van der Waals surface area (Å²) in [5.41, 5.74) is -0.940.